The molecule has 2 unspecified atom stereocenters. The molecule has 27 heavy (non-hydrogen) atoms. The van der Waals surface area contributed by atoms with E-state index in [0.29, 0.717) is 23.7 Å². The molecule has 2 aromatic rings. The van der Waals surface area contributed by atoms with Gasteiger partial charge in [0.15, 0.2) is 12.6 Å². The van der Waals surface area contributed by atoms with Crippen molar-refractivity contribution in [3.05, 3.63) is 71.1 Å². The zero-order chi connectivity index (χ0) is 19.4. The molecule has 4 N–H and O–H groups in total. The number of phenolic OH excluding ortho intramolecular Hbond substituents is 2. The summed E-state index contributed by atoms with van der Waals surface area (Å²) in [4.78, 5) is 20.1. The van der Waals surface area contributed by atoms with E-state index in [4.69, 9.17) is 21.7 Å². The van der Waals surface area contributed by atoms with Crippen LogP contribution in [0.2, 0.25) is 0 Å². The second kappa shape index (κ2) is 14.1. The van der Waals surface area contributed by atoms with Gasteiger partial charge in [0, 0.05) is 0 Å². The quantitative estimate of drug-likeness (QED) is 0.520. The van der Waals surface area contributed by atoms with Gasteiger partial charge in [-0.1, -0.05) is 49.9 Å². The minimum Gasteiger partial charge on any atom is -0.676 e. The minimum absolute atomic E-state index is 0. The van der Waals surface area contributed by atoms with Crippen LogP contribution in [0.3, 0.4) is 0 Å². The van der Waals surface area contributed by atoms with Crippen molar-refractivity contribution in [2.75, 3.05) is 0 Å². The van der Waals surface area contributed by atoms with E-state index in [9.17, 15) is 9.59 Å². The first-order chi connectivity index (χ1) is 12.5. The molecular weight excluding hydrogens is 527 g/mol. The molecule has 0 aromatic heterocycles. The number of nitrogens with one attached hydrogen (secondary N) is 2. The Kier molecular flexibility index (Phi) is 13.0. The van der Waals surface area contributed by atoms with E-state index < -0.39 is 0 Å². The van der Waals surface area contributed by atoms with E-state index in [0.717, 1.165) is 12.8 Å². The zero-order valence-electron chi connectivity index (χ0n) is 14.8. The maximum Gasteiger partial charge on any atom is 2.00 e. The molecule has 0 bridgehead atoms. The number of aldehydes is 2. The van der Waals surface area contributed by atoms with Crippen molar-refractivity contribution >= 4 is 12.6 Å². The summed E-state index contributed by atoms with van der Waals surface area (Å²) in [5, 5.41) is 17.8. The van der Waals surface area contributed by atoms with Gasteiger partial charge in [-0.15, -0.1) is 0 Å². The molecule has 2 aromatic carbocycles. The first kappa shape index (κ1) is 25.0. The summed E-state index contributed by atoms with van der Waals surface area (Å²) < 4.78 is 0. The number of para-hydroxylation sites is 2. The molecule has 0 aliphatic heterocycles. The van der Waals surface area contributed by atoms with Crippen LogP contribution in [0.4, 0.5) is 0 Å². The fraction of sp³-hybridized carbons (Fsp3) is 0.300. The van der Waals surface area contributed by atoms with Gasteiger partial charge in [-0.3, -0.25) is 9.59 Å². The van der Waals surface area contributed by atoms with E-state index in [2.05, 4.69) is 0 Å². The molecule has 6 nitrogen and oxygen atoms in total. The molecule has 148 valence electrons. The van der Waals surface area contributed by atoms with E-state index in [1.54, 1.807) is 36.4 Å². The number of rotatable bonds is 2. The molecule has 2 atom stereocenters. The summed E-state index contributed by atoms with van der Waals surface area (Å²) in [6, 6.07) is 12.6. The van der Waals surface area contributed by atoms with Crippen molar-refractivity contribution in [2.45, 2.75) is 37.8 Å². The van der Waals surface area contributed by atoms with Gasteiger partial charge in [-0.2, -0.15) is 12.1 Å². The number of hydrogen-bond donors (Lipinski definition) is 2. The molecule has 0 amide bonds. The third-order valence-electron chi connectivity index (χ3n) is 3.89. The van der Waals surface area contributed by atoms with E-state index in [1.807, 2.05) is 0 Å². The van der Waals surface area contributed by atoms with Crippen LogP contribution in [-0.2, 0) is 21.1 Å². The average molecular weight is 552 g/mol. The minimum atomic E-state index is -0.0799. The number of carbonyl (C=O) groups is 2. The van der Waals surface area contributed by atoms with Crippen LogP contribution in [-0.4, -0.2) is 34.9 Å². The SMILES string of the molecule is O=Cc1ccccc1O.O=Cc1ccccc1O.[NH-]C1CCCCC1[NH-].[Pt+2]. The van der Waals surface area contributed by atoms with Crippen molar-refractivity contribution in [3.63, 3.8) is 0 Å². The Morgan fingerprint density at radius 1 is 0.741 bits per heavy atom. The Labute approximate surface area is 173 Å². The van der Waals surface area contributed by atoms with Crippen LogP contribution in [0.25, 0.3) is 11.5 Å². The second-order valence-electron chi connectivity index (χ2n) is 5.85. The second-order valence-corrected chi connectivity index (χ2v) is 5.85. The van der Waals surface area contributed by atoms with Gasteiger partial charge >= 0.3 is 21.1 Å². The molecule has 0 saturated heterocycles. The smallest absolute Gasteiger partial charge is 0.676 e. The van der Waals surface area contributed by atoms with Crippen molar-refractivity contribution in [1.29, 1.82) is 0 Å². The van der Waals surface area contributed by atoms with Crippen LogP contribution < -0.4 is 0 Å². The zero-order valence-corrected chi connectivity index (χ0v) is 17.1. The summed E-state index contributed by atoms with van der Waals surface area (Å²) in [6.07, 6.45) is 5.49. The van der Waals surface area contributed by atoms with Crippen LogP contribution in [0.5, 0.6) is 11.5 Å². The van der Waals surface area contributed by atoms with Gasteiger partial charge in [0.05, 0.1) is 11.1 Å². The standard InChI is InChI=1S/2C7H6O2.C6H12N2.Pt/c2*8-5-6-3-1-2-4-7(6)9;7-5-3-1-2-4-6(5)8;/h2*1-5,9H;5-8H,1-4H2;/q;;-2;+2. The van der Waals surface area contributed by atoms with Crippen LogP contribution in [0, 0.1) is 0 Å². The van der Waals surface area contributed by atoms with Crippen LogP contribution in [0.15, 0.2) is 48.5 Å². The molecule has 1 aliphatic rings. The number of carbonyl (C=O) groups excluding carboxylic acids is 2. The van der Waals surface area contributed by atoms with Crippen molar-refractivity contribution in [2.24, 2.45) is 0 Å². The van der Waals surface area contributed by atoms with E-state index in [-0.39, 0.29) is 44.6 Å². The van der Waals surface area contributed by atoms with Crippen LogP contribution in [0.1, 0.15) is 46.4 Å². The molecule has 0 spiro atoms. The van der Waals surface area contributed by atoms with Crippen molar-refractivity contribution < 1.29 is 40.9 Å². The predicted molar refractivity (Wildman–Crippen MR) is 102 cm³/mol. The Balaban J connectivity index is 0.000000369. The maximum absolute atomic E-state index is 10.1. The van der Waals surface area contributed by atoms with Gasteiger partial charge in [0.1, 0.15) is 11.5 Å². The summed E-state index contributed by atoms with van der Waals surface area (Å²) in [7, 11) is 0. The Morgan fingerprint density at radius 3 is 1.30 bits per heavy atom. The largest absolute Gasteiger partial charge is 2.00 e. The number of benzene rings is 2. The Hall–Kier alpha value is -2.01. The van der Waals surface area contributed by atoms with Gasteiger partial charge in [0.2, 0.25) is 0 Å². The third-order valence-corrected chi connectivity index (χ3v) is 3.89. The van der Waals surface area contributed by atoms with Gasteiger partial charge in [-0.25, -0.2) is 0 Å². The van der Waals surface area contributed by atoms with E-state index in [1.165, 1.54) is 25.0 Å². The third kappa shape index (κ3) is 9.47. The fourth-order valence-electron chi connectivity index (χ4n) is 2.31. The van der Waals surface area contributed by atoms with Gasteiger partial charge in [-0.05, 0) is 24.3 Å². The Morgan fingerprint density at radius 2 is 1.07 bits per heavy atom. The average Bonchev–Trinajstić information content (AvgIpc) is 2.66. The van der Waals surface area contributed by atoms with Crippen molar-refractivity contribution in [1.82, 2.24) is 0 Å². The maximum atomic E-state index is 10.1. The van der Waals surface area contributed by atoms with Gasteiger partial charge in [0.25, 0.3) is 0 Å². The summed E-state index contributed by atoms with van der Waals surface area (Å²) >= 11 is 0. The van der Waals surface area contributed by atoms with Gasteiger partial charge < -0.3 is 21.7 Å². The van der Waals surface area contributed by atoms with Crippen molar-refractivity contribution in [3.8, 4) is 11.5 Å². The predicted octanol–water partition coefficient (Wildman–Crippen LogP) is 4.81. The number of aromatic hydroxyl groups is 2. The molecule has 1 aliphatic carbocycles. The summed E-state index contributed by atoms with van der Waals surface area (Å²) in [5.41, 5.74) is 15.2. The normalized spacial score (nSPS) is 17.7. The fourth-order valence-corrected chi connectivity index (χ4v) is 2.31. The topological polar surface area (TPSA) is 122 Å². The van der Waals surface area contributed by atoms with Crippen LogP contribution >= 0.6 is 0 Å². The molecule has 0 heterocycles. The molecule has 1 saturated carbocycles. The first-order valence-corrected chi connectivity index (χ1v) is 8.38. The molecule has 7 heteroatoms. The number of phenols is 2. The first-order valence-electron chi connectivity index (χ1n) is 8.38. The molecular formula is C20H24N2O4Pt. The molecule has 3 rings (SSSR count). The number of hydrogen-bond acceptors (Lipinski definition) is 4. The Bertz CT molecular complexity index is 638. The van der Waals surface area contributed by atoms with E-state index >= 15 is 0 Å². The molecule has 0 radical (unpaired) electrons. The summed E-state index contributed by atoms with van der Waals surface area (Å²) in [5.74, 6) is 0.0694. The molecule has 1 fully saturated rings. The monoisotopic (exact) mass is 551 g/mol. The summed E-state index contributed by atoms with van der Waals surface area (Å²) in [6.45, 7) is 0.